The van der Waals surface area contributed by atoms with Gasteiger partial charge in [-0.2, -0.15) is 0 Å². The molecule has 4 nitrogen and oxygen atoms in total. The lowest BCUT2D eigenvalue weighted by Gasteiger charge is -2.29. The molecule has 0 aromatic carbocycles. The Kier molecular flexibility index (Phi) is 4.77. The van der Waals surface area contributed by atoms with Gasteiger partial charge in [-0.1, -0.05) is 26.2 Å². The summed E-state index contributed by atoms with van der Waals surface area (Å²) in [6.07, 6.45) is 7.63. The standard InChI is InChI=1S/C15H23N3O/c1-3-11-5-4-6-13(9-11)18-15(19)12-7-8-17-14(10-12)16-2/h7-8,10-11,13H,3-6,9H2,1-2H3,(H,16,17)(H,18,19). The topological polar surface area (TPSA) is 54.0 Å². The van der Waals surface area contributed by atoms with Crippen LogP contribution in [0.25, 0.3) is 0 Å². The Hall–Kier alpha value is -1.58. The van der Waals surface area contributed by atoms with Crippen molar-refractivity contribution in [3.05, 3.63) is 23.9 Å². The molecule has 1 aromatic heterocycles. The van der Waals surface area contributed by atoms with Gasteiger partial charge in [0, 0.05) is 24.8 Å². The monoisotopic (exact) mass is 261 g/mol. The Morgan fingerprint density at radius 3 is 3.05 bits per heavy atom. The van der Waals surface area contributed by atoms with E-state index in [1.807, 2.05) is 0 Å². The van der Waals surface area contributed by atoms with Crippen LogP contribution in [0.15, 0.2) is 18.3 Å². The molecule has 1 amide bonds. The molecule has 1 aliphatic carbocycles. The Morgan fingerprint density at radius 2 is 2.32 bits per heavy atom. The number of nitrogens with one attached hydrogen (secondary N) is 2. The van der Waals surface area contributed by atoms with Crippen molar-refractivity contribution in [2.45, 2.75) is 45.1 Å². The van der Waals surface area contributed by atoms with E-state index in [9.17, 15) is 4.79 Å². The highest BCUT2D eigenvalue weighted by atomic mass is 16.1. The lowest BCUT2D eigenvalue weighted by atomic mass is 9.84. The van der Waals surface area contributed by atoms with Crippen LogP contribution >= 0.6 is 0 Å². The molecule has 2 rings (SSSR count). The van der Waals surface area contributed by atoms with Crippen molar-refractivity contribution in [3.63, 3.8) is 0 Å². The average molecular weight is 261 g/mol. The largest absolute Gasteiger partial charge is 0.373 e. The van der Waals surface area contributed by atoms with Crippen molar-refractivity contribution in [1.29, 1.82) is 0 Å². The molecule has 1 aromatic rings. The minimum atomic E-state index is 0.0145. The van der Waals surface area contributed by atoms with Crippen LogP contribution in [0.3, 0.4) is 0 Å². The van der Waals surface area contributed by atoms with E-state index in [4.69, 9.17) is 0 Å². The van der Waals surface area contributed by atoms with Gasteiger partial charge in [0.25, 0.3) is 5.91 Å². The first-order valence-corrected chi connectivity index (χ1v) is 7.17. The molecule has 0 saturated heterocycles. The highest BCUT2D eigenvalue weighted by Crippen LogP contribution is 2.26. The molecular formula is C15H23N3O. The van der Waals surface area contributed by atoms with E-state index in [0.29, 0.717) is 11.6 Å². The van der Waals surface area contributed by atoms with Gasteiger partial charge in [0.05, 0.1) is 0 Å². The third-order valence-corrected chi connectivity index (χ3v) is 3.97. The number of amides is 1. The molecule has 1 fully saturated rings. The van der Waals surface area contributed by atoms with Gasteiger partial charge in [0.2, 0.25) is 0 Å². The fourth-order valence-electron chi connectivity index (χ4n) is 2.77. The average Bonchev–Trinajstić information content (AvgIpc) is 2.47. The number of rotatable bonds is 4. The molecule has 104 valence electrons. The summed E-state index contributed by atoms with van der Waals surface area (Å²) >= 11 is 0. The van der Waals surface area contributed by atoms with Crippen molar-refractivity contribution in [2.75, 3.05) is 12.4 Å². The number of pyridine rings is 1. The summed E-state index contributed by atoms with van der Waals surface area (Å²) in [4.78, 5) is 16.3. The number of anilines is 1. The van der Waals surface area contributed by atoms with Crippen molar-refractivity contribution in [2.24, 2.45) is 5.92 Å². The number of aromatic nitrogens is 1. The number of hydrogen-bond acceptors (Lipinski definition) is 3. The molecule has 2 unspecified atom stereocenters. The van der Waals surface area contributed by atoms with Gasteiger partial charge in [0.1, 0.15) is 5.82 Å². The minimum Gasteiger partial charge on any atom is -0.373 e. The minimum absolute atomic E-state index is 0.0145. The van der Waals surface area contributed by atoms with Crippen molar-refractivity contribution < 1.29 is 4.79 Å². The number of nitrogens with zero attached hydrogens (tertiary/aromatic N) is 1. The summed E-state index contributed by atoms with van der Waals surface area (Å²) in [7, 11) is 1.80. The van der Waals surface area contributed by atoms with Gasteiger partial charge < -0.3 is 10.6 Å². The van der Waals surface area contributed by atoms with Crippen molar-refractivity contribution >= 4 is 11.7 Å². The van der Waals surface area contributed by atoms with Gasteiger partial charge in [0.15, 0.2) is 0 Å². The van der Waals surface area contributed by atoms with E-state index in [0.717, 1.165) is 24.6 Å². The third-order valence-electron chi connectivity index (χ3n) is 3.97. The van der Waals surface area contributed by atoms with Crippen molar-refractivity contribution in [1.82, 2.24) is 10.3 Å². The molecule has 0 spiro atoms. The highest BCUT2D eigenvalue weighted by molar-refractivity contribution is 5.94. The maximum Gasteiger partial charge on any atom is 0.251 e. The molecule has 2 atom stereocenters. The molecule has 0 bridgehead atoms. The highest BCUT2D eigenvalue weighted by Gasteiger charge is 2.22. The van der Waals surface area contributed by atoms with Crippen LogP contribution in [-0.4, -0.2) is 24.0 Å². The first-order chi connectivity index (χ1) is 9.22. The molecule has 1 aliphatic rings. The predicted molar refractivity (Wildman–Crippen MR) is 77.3 cm³/mol. The van der Waals surface area contributed by atoms with E-state index in [1.54, 1.807) is 25.4 Å². The third kappa shape index (κ3) is 3.69. The van der Waals surface area contributed by atoms with E-state index >= 15 is 0 Å². The van der Waals surface area contributed by atoms with Gasteiger partial charge in [-0.25, -0.2) is 4.98 Å². The zero-order valence-electron chi connectivity index (χ0n) is 11.8. The molecule has 19 heavy (non-hydrogen) atoms. The maximum absolute atomic E-state index is 12.2. The summed E-state index contributed by atoms with van der Waals surface area (Å²) in [5.41, 5.74) is 0.679. The molecule has 0 radical (unpaired) electrons. The summed E-state index contributed by atoms with van der Waals surface area (Å²) in [6, 6.07) is 3.88. The lowest BCUT2D eigenvalue weighted by molar-refractivity contribution is 0.0919. The van der Waals surface area contributed by atoms with Crippen LogP contribution < -0.4 is 10.6 Å². The van der Waals surface area contributed by atoms with Gasteiger partial charge in [-0.15, -0.1) is 0 Å². The van der Waals surface area contributed by atoms with Crippen molar-refractivity contribution in [3.8, 4) is 0 Å². The summed E-state index contributed by atoms with van der Waals surface area (Å²) in [6.45, 7) is 2.23. The fourth-order valence-corrected chi connectivity index (χ4v) is 2.77. The molecule has 1 heterocycles. The second-order valence-corrected chi connectivity index (χ2v) is 5.29. The quantitative estimate of drug-likeness (QED) is 0.876. The molecular weight excluding hydrogens is 238 g/mol. The smallest absolute Gasteiger partial charge is 0.251 e. The first-order valence-electron chi connectivity index (χ1n) is 7.17. The number of carbonyl (C=O) groups excluding carboxylic acids is 1. The summed E-state index contributed by atoms with van der Waals surface area (Å²) in [5.74, 6) is 1.51. The van der Waals surface area contributed by atoms with Crippen LogP contribution in [0, 0.1) is 5.92 Å². The Morgan fingerprint density at radius 1 is 1.47 bits per heavy atom. The van der Waals surface area contributed by atoms with Crippen LogP contribution in [0.2, 0.25) is 0 Å². The first kappa shape index (κ1) is 13.8. The summed E-state index contributed by atoms with van der Waals surface area (Å²) in [5, 5.41) is 6.11. The lowest BCUT2D eigenvalue weighted by Crippen LogP contribution is -2.38. The van der Waals surface area contributed by atoms with E-state index in [2.05, 4.69) is 22.5 Å². The van der Waals surface area contributed by atoms with E-state index in [-0.39, 0.29) is 5.91 Å². The summed E-state index contributed by atoms with van der Waals surface area (Å²) < 4.78 is 0. The Balaban J connectivity index is 1.96. The molecule has 2 N–H and O–H groups in total. The van der Waals surface area contributed by atoms with Gasteiger partial charge >= 0.3 is 0 Å². The molecule has 1 saturated carbocycles. The predicted octanol–water partition coefficient (Wildman–Crippen LogP) is 2.82. The molecule has 4 heteroatoms. The van der Waals surface area contributed by atoms with E-state index in [1.165, 1.54) is 19.3 Å². The number of hydrogen-bond donors (Lipinski definition) is 2. The maximum atomic E-state index is 12.2. The molecule has 0 aliphatic heterocycles. The van der Waals surface area contributed by atoms with Crippen LogP contribution in [0.4, 0.5) is 5.82 Å². The number of carbonyl (C=O) groups is 1. The Labute approximate surface area is 115 Å². The normalized spacial score (nSPS) is 22.8. The zero-order valence-corrected chi connectivity index (χ0v) is 11.8. The van der Waals surface area contributed by atoms with Crippen LogP contribution in [0.5, 0.6) is 0 Å². The van der Waals surface area contributed by atoms with Crippen LogP contribution in [0.1, 0.15) is 49.4 Å². The fraction of sp³-hybridized carbons (Fsp3) is 0.600. The van der Waals surface area contributed by atoms with Gasteiger partial charge in [-0.3, -0.25) is 4.79 Å². The second kappa shape index (κ2) is 6.55. The van der Waals surface area contributed by atoms with E-state index < -0.39 is 0 Å². The Bertz CT molecular complexity index is 433. The van der Waals surface area contributed by atoms with Crippen LogP contribution in [-0.2, 0) is 0 Å². The second-order valence-electron chi connectivity index (χ2n) is 5.29. The van der Waals surface area contributed by atoms with Gasteiger partial charge in [-0.05, 0) is 30.9 Å². The SMILES string of the molecule is CCC1CCCC(NC(=O)c2ccnc(NC)c2)C1. The zero-order chi connectivity index (χ0) is 13.7.